The summed E-state index contributed by atoms with van der Waals surface area (Å²) in [4.78, 5) is 4.43. The molecule has 3 rings (SSSR count). The lowest BCUT2D eigenvalue weighted by atomic mass is 10.1. The first-order valence-corrected chi connectivity index (χ1v) is 6.95. The highest BCUT2D eigenvalue weighted by molar-refractivity contribution is 5.94. The molecular formula is C15H19N3O3. The molecule has 2 heterocycles. The van der Waals surface area contributed by atoms with Crippen LogP contribution < -0.4 is 20.5 Å². The Morgan fingerprint density at radius 2 is 2.19 bits per heavy atom. The van der Waals surface area contributed by atoms with Gasteiger partial charge in [0.25, 0.3) is 0 Å². The fourth-order valence-corrected chi connectivity index (χ4v) is 2.47. The second-order valence-electron chi connectivity index (χ2n) is 4.96. The van der Waals surface area contributed by atoms with Crippen LogP contribution >= 0.6 is 0 Å². The Kier molecular flexibility index (Phi) is 4.08. The predicted molar refractivity (Wildman–Crippen MR) is 80.8 cm³/mol. The topological polar surface area (TPSA) is 78.6 Å². The van der Waals surface area contributed by atoms with Crippen molar-refractivity contribution in [2.45, 2.75) is 12.5 Å². The van der Waals surface area contributed by atoms with Crippen LogP contribution in [0, 0.1) is 0 Å². The van der Waals surface area contributed by atoms with Gasteiger partial charge in [0.05, 0.1) is 12.6 Å². The number of pyridine rings is 1. The van der Waals surface area contributed by atoms with E-state index >= 15 is 0 Å². The molecule has 0 saturated carbocycles. The number of hydrogen-bond acceptors (Lipinski definition) is 6. The molecule has 6 nitrogen and oxygen atoms in total. The van der Waals surface area contributed by atoms with E-state index in [9.17, 15) is 0 Å². The molecule has 0 aliphatic carbocycles. The number of benzene rings is 1. The third-order valence-electron chi connectivity index (χ3n) is 3.48. The largest absolute Gasteiger partial charge is 0.454 e. The van der Waals surface area contributed by atoms with Gasteiger partial charge in [-0.1, -0.05) is 0 Å². The number of fused-ring (bicyclic) bond motifs is 2. The van der Waals surface area contributed by atoms with Crippen molar-refractivity contribution in [1.29, 1.82) is 0 Å². The van der Waals surface area contributed by atoms with E-state index in [4.69, 9.17) is 19.9 Å². The maximum Gasteiger partial charge on any atom is 0.231 e. The normalized spacial score (nSPS) is 14.4. The maximum atomic E-state index is 5.65. The first-order chi connectivity index (χ1) is 10.3. The van der Waals surface area contributed by atoms with Crippen molar-refractivity contribution in [2.75, 3.05) is 32.4 Å². The molecule has 112 valence electrons. The summed E-state index contributed by atoms with van der Waals surface area (Å²) >= 11 is 0. The Bertz CT molecular complexity index is 627. The lowest BCUT2D eigenvalue weighted by Gasteiger charge is -2.19. The number of methoxy groups -OCH3 is 1. The minimum absolute atomic E-state index is 0.128. The summed E-state index contributed by atoms with van der Waals surface area (Å²) in [6.45, 7) is 1.44. The van der Waals surface area contributed by atoms with Gasteiger partial charge in [-0.2, -0.15) is 0 Å². The fraction of sp³-hybridized carbons (Fsp3) is 0.400. The Morgan fingerprint density at radius 3 is 2.95 bits per heavy atom. The van der Waals surface area contributed by atoms with Gasteiger partial charge in [0, 0.05) is 18.7 Å². The van der Waals surface area contributed by atoms with E-state index in [1.165, 1.54) is 0 Å². The van der Waals surface area contributed by atoms with E-state index in [-0.39, 0.29) is 12.8 Å². The quantitative estimate of drug-likeness (QED) is 0.843. The van der Waals surface area contributed by atoms with Crippen LogP contribution in [0.4, 0.5) is 5.82 Å². The van der Waals surface area contributed by atoms with Gasteiger partial charge in [0.2, 0.25) is 6.79 Å². The molecule has 1 aliphatic heterocycles. The van der Waals surface area contributed by atoms with Gasteiger partial charge in [-0.15, -0.1) is 0 Å². The van der Waals surface area contributed by atoms with Crippen LogP contribution in [0.3, 0.4) is 0 Å². The average Bonchev–Trinajstić information content (AvgIpc) is 2.93. The number of nitrogens with zero attached hydrogens (tertiary/aromatic N) is 1. The van der Waals surface area contributed by atoms with Gasteiger partial charge in [-0.25, -0.2) is 4.98 Å². The van der Waals surface area contributed by atoms with Crippen LogP contribution in [-0.2, 0) is 4.74 Å². The van der Waals surface area contributed by atoms with Crippen molar-refractivity contribution in [3.05, 3.63) is 24.4 Å². The highest BCUT2D eigenvalue weighted by Gasteiger charge is 2.17. The van der Waals surface area contributed by atoms with Crippen LogP contribution in [0.2, 0.25) is 0 Å². The summed E-state index contributed by atoms with van der Waals surface area (Å²) in [5, 5.41) is 5.46. The van der Waals surface area contributed by atoms with E-state index in [2.05, 4.69) is 10.3 Å². The molecule has 0 fully saturated rings. The molecule has 0 amide bonds. The first-order valence-electron chi connectivity index (χ1n) is 6.95. The summed E-state index contributed by atoms with van der Waals surface area (Å²) in [5.41, 5.74) is 5.65. The van der Waals surface area contributed by atoms with E-state index in [0.29, 0.717) is 13.2 Å². The lowest BCUT2D eigenvalue weighted by Crippen LogP contribution is -2.28. The van der Waals surface area contributed by atoms with E-state index in [1.54, 1.807) is 13.3 Å². The average molecular weight is 289 g/mol. The zero-order valence-electron chi connectivity index (χ0n) is 12.0. The fourth-order valence-electron chi connectivity index (χ4n) is 2.47. The van der Waals surface area contributed by atoms with Crippen molar-refractivity contribution >= 4 is 16.6 Å². The van der Waals surface area contributed by atoms with Crippen LogP contribution in [0.25, 0.3) is 10.8 Å². The summed E-state index contributed by atoms with van der Waals surface area (Å²) < 4.78 is 16.1. The molecule has 3 N–H and O–H groups in total. The highest BCUT2D eigenvalue weighted by Crippen LogP contribution is 2.37. The molecule has 0 bridgehead atoms. The van der Waals surface area contributed by atoms with Gasteiger partial charge >= 0.3 is 0 Å². The Balaban J connectivity index is 1.94. The molecule has 1 aromatic heterocycles. The first kappa shape index (κ1) is 13.9. The lowest BCUT2D eigenvalue weighted by molar-refractivity contribution is 0.174. The van der Waals surface area contributed by atoms with Crippen LogP contribution in [0.1, 0.15) is 6.42 Å². The van der Waals surface area contributed by atoms with E-state index < -0.39 is 0 Å². The summed E-state index contributed by atoms with van der Waals surface area (Å²) in [6, 6.07) is 6.01. The Labute approximate surface area is 123 Å². The minimum Gasteiger partial charge on any atom is -0.454 e. The Hall–Kier alpha value is -2.05. The van der Waals surface area contributed by atoms with Crippen LogP contribution in [-0.4, -0.2) is 38.1 Å². The number of anilines is 1. The zero-order valence-corrected chi connectivity index (χ0v) is 12.0. The second kappa shape index (κ2) is 6.15. The van der Waals surface area contributed by atoms with Crippen molar-refractivity contribution < 1.29 is 14.2 Å². The standard InChI is InChI=1S/C15H19N3O3/c1-19-8-11(2-4-16)18-15-12-7-14-13(20-9-21-14)6-10(12)3-5-17-15/h3,5-7,11H,2,4,8-9,16H2,1H3,(H,17,18). The van der Waals surface area contributed by atoms with Crippen molar-refractivity contribution in [1.82, 2.24) is 4.98 Å². The van der Waals surface area contributed by atoms with Crippen molar-refractivity contribution in [2.24, 2.45) is 5.73 Å². The maximum absolute atomic E-state index is 5.65. The van der Waals surface area contributed by atoms with E-state index in [1.807, 2.05) is 18.2 Å². The number of aromatic nitrogens is 1. The molecular weight excluding hydrogens is 270 g/mol. The van der Waals surface area contributed by atoms with Gasteiger partial charge < -0.3 is 25.3 Å². The molecule has 0 spiro atoms. The third kappa shape index (κ3) is 2.86. The molecule has 0 radical (unpaired) electrons. The molecule has 1 aromatic carbocycles. The molecule has 0 saturated heterocycles. The van der Waals surface area contributed by atoms with Crippen LogP contribution in [0.5, 0.6) is 11.5 Å². The zero-order chi connectivity index (χ0) is 14.7. The monoisotopic (exact) mass is 289 g/mol. The van der Waals surface area contributed by atoms with Crippen molar-refractivity contribution in [3.8, 4) is 11.5 Å². The molecule has 1 atom stereocenters. The molecule has 6 heteroatoms. The molecule has 21 heavy (non-hydrogen) atoms. The smallest absolute Gasteiger partial charge is 0.231 e. The number of nitrogens with two attached hydrogens (primary N) is 1. The van der Waals surface area contributed by atoms with Gasteiger partial charge in [-0.05, 0) is 36.6 Å². The summed E-state index contributed by atoms with van der Waals surface area (Å²) in [5.74, 6) is 2.33. The van der Waals surface area contributed by atoms with Gasteiger partial charge in [0.1, 0.15) is 5.82 Å². The molecule has 1 unspecified atom stereocenters. The summed E-state index contributed by atoms with van der Waals surface area (Å²) in [6.07, 6.45) is 2.59. The van der Waals surface area contributed by atoms with Crippen molar-refractivity contribution in [3.63, 3.8) is 0 Å². The number of ether oxygens (including phenoxy) is 3. The third-order valence-corrected chi connectivity index (χ3v) is 3.48. The predicted octanol–water partition coefficient (Wildman–Crippen LogP) is 1.74. The second-order valence-corrected chi connectivity index (χ2v) is 4.96. The number of hydrogen-bond donors (Lipinski definition) is 2. The van der Waals surface area contributed by atoms with Gasteiger partial charge in [0.15, 0.2) is 11.5 Å². The van der Waals surface area contributed by atoms with E-state index in [0.717, 1.165) is 34.5 Å². The van der Waals surface area contributed by atoms with Crippen LogP contribution in [0.15, 0.2) is 24.4 Å². The number of nitrogens with one attached hydrogen (secondary N) is 1. The number of rotatable bonds is 6. The SMILES string of the molecule is COCC(CCN)Nc1nccc2cc3c(cc12)OCO3. The van der Waals surface area contributed by atoms with Gasteiger partial charge in [-0.3, -0.25) is 0 Å². The highest BCUT2D eigenvalue weighted by atomic mass is 16.7. The Morgan fingerprint density at radius 1 is 1.38 bits per heavy atom. The molecule has 2 aromatic rings. The minimum atomic E-state index is 0.128. The molecule has 1 aliphatic rings. The summed E-state index contributed by atoms with van der Waals surface area (Å²) in [7, 11) is 1.68.